The molecule has 0 aliphatic rings. The molecule has 2 N–H and O–H groups in total. The molecular formula is C24H32N2O2S. The summed E-state index contributed by atoms with van der Waals surface area (Å²) in [6.45, 7) is 9.10. The standard InChI is InChI=1S/C24H32N2O2S/c1-5-6-14-28-22-9-7-8-21(16-22)25-24(29)26-23(27)18(4)20-12-10-19(11-13-20)15-17(2)3/h7-13,16-18H,5-6,14-15H2,1-4H3,(H2,25,26,27,29). The van der Waals surface area contributed by atoms with Crippen LogP contribution in [0.1, 0.15) is 57.6 Å². The fraction of sp³-hybridized carbons (Fsp3) is 0.417. The lowest BCUT2D eigenvalue weighted by Gasteiger charge is -2.15. The van der Waals surface area contributed by atoms with Crippen molar-refractivity contribution in [3.8, 4) is 5.75 Å². The fourth-order valence-electron chi connectivity index (χ4n) is 2.95. The maximum atomic E-state index is 12.6. The number of thiocarbonyl (C=S) groups is 1. The van der Waals surface area contributed by atoms with Gasteiger partial charge in [-0.05, 0) is 61.2 Å². The van der Waals surface area contributed by atoms with E-state index in [9.17, 15) is 4.79 Å². The minimum absolute atomic E-state index is 0.130. The minimum atomic E-state index is -0.286. The monoisotopic (exact) mass is 412 g/mol. The van der Waals surface area contributed by atoms with Crippen molar-refractivity contribution in [2.24, 2.45) is 5.92 Å². The quantitative estimate of drug-likeness (QED) is 0.411. The molecule has 0 aromatic heterocycles. The third-order valence-electron chi connectivity index (χ3n) is 4.61. The molecule has 29 heavy (non-hydrogen) atoms. The molecule has 1 unspecified atom stereocenters. The van der Waals surface area contributed by atoms with Crippen LogP contribution in [0.25, 0.3) is 0 Å². The van der Waals surface area contributed by atoms with E-state index in [1.165, 1.54) is 5.56 Å². The minimum Gasteiger partial charge on any atom is -0.494 e. The second kappa shape index (κ2) is 11.6. The molecule has 0 aliphatic carbocycles. The van der Waals surface area contributed by atoms with Gasteiger partial charge in [-0.1, -0.05) is 57.5 Å². The highest BCUT2D eigenvalue weighted by Gasteiger charge is 2.16. The Kier molecular flexibility index (Phi) is 9.13. The molecule has 2 aromatic carbocycles. The van der Waals surface area contributed by atoms with Gasteiger partial charge >= 0.3 is 0 Å². The molecule has 156 valence electrons. The van der Waals surface area contributed by atoms with Crippen molar-refractivity contribution in [3.63, 3.8) is 0 Å². The molecular weight excluding hydrogens is 380 g/mol. The Morgan fingerprint density at radius 3 is 2.48 bits per heavy atom. The largest absolute Gasteiger partial charge is 0.494 e. The Balaban J connectivity index is 1.89. The second-order valence-corrected chi connectivity index (χ2v) is 8.14. The van der Waals surface area contributed by atoms with Gasteiger partial charge in [0.15, 0.2) is 5.11 Å². The van der Waals surface area contributed by atoms with Crippen molar-refractivity contribution in [1.82, 2.24) is 5.32 Å². The Bertz CT molecular complexity index is 803. The number of anilines is 1. The Morgan fingerprint density at radius 2 is 1.83 bits per heavy atom. The average molecular weight is 413 g/mol. The van der Waals surface area contributed by atoms with E-state index >= 15 is 0 Å². The highest BCUT2D eigenvalue weighted by molar-refractivity contribution is 7.80. The van der Waals surface area contributed by atoms with Gasteiger partial charge in [-0.2, -0.15) is 0 Å². The number of nitrogens with one attached hydrogen (secondary N) is 2. The molecule has 0 aliphatic heterocycles. The van der Waals surface area contributed by atoms with Crippen LogP contribution in [-0.4, -0.2) is 17.6 Å². The number of hydrogen-bond acceptors (Lipinski definition) is 3. The van der Waals surface area contributed by atoms with Crippen molar-refractivity contribution < 1.29 is 9.53 Å². The molecule has 1 atom stereocenters. The van der Waals surface area contributed by atoms with Crippen molar-refractivity contribution >= 4 is 28.9 Å². The number of carbonyl (C=O) groups is 1. The number of ether oxygens (including phenoxy) is 1. The topological polar surface area (TPSA) is 50.4 Å². The summed E-state index contributed by atoms with van der Waals surface area (Å²) in [5.74, 6) is 0.981. The van der Waals surface area contributed by atoms with Crippen molar-refractivity contribution in [2.75, 3.05) is 11.9 Å². The smallest absolute Gasteiger partial charge is 0.233 e. The Labute approximate surface area is 180 Å². The summed E-state index contributed by atoms with van der Waals surface area (Å²) in [5, 5.41) is 6.13. The van der Waals surface area contributed by atoms with Gasteiger partial charge in [0.05, 0.1) is 12.5 Å². The Morgan fingerprint density at radius 1 is 1.10 bits per heavy atom. The maximum absolute atomic E-state index is 12.6. The van der Waals surface area contributed by atoms with Gasteiger partial charge in [0.1, 0.15) is 5.75 Å². The Hall–Kier alpha value is -2.40. The first-order valence-corrected chi connectivity index (χ1v) is 10.7. The lowest BCUT2D eigenvalue weighted by atomic mass is 9.96. The van der Waals surface area contributed by atoms with E-state index in [0.29, 0.717) is 12.5 Å². The highest BCUT2D eigenvalue weighted by atomic mass is 32.1. The first-order valence-electron chi connectivity index (χ1n) is 10.3. The lowest BCUT2D eigenvalue weighted by molar-refractivity contribution is -0.120. The van der Waals surface area contributed by atoms with Crippen LogP contribution in [0.3, 0.4) is 0 Å². The highest BCUT2D eigenvalue weighted by Crippen LogP contribution is 2.19. The van der Waals surface area contributed by atoms with E-state index in [0.717, 1.165) is 36.3 Å². The summed E-state index contributed by atoms with van der Waals surface area (Å²) in [7, 11) is 0. The van der Waals surface area contributed by atoms with Gasteiger partial charge in [-0.3, -0.25) is 4.79 Å². The number of rotatable bonds is 9. The van der Waals surface area contributed by atoms with Gasteiger partial charge in [0, 0.05) is 11.8 Å². The third kappa shape index (κ3) is 7.86. The van der Waals surface area contributed by atoms with Crippen LogP contribution in [-0.2, 0) is 11.2 Å². The van der Waals surface area contributed by atoms with E-state index < -0.39 is 0 Å². The van der Waals surface area contributed by atoms with E-state index in [1.807, 2.05) is 43.3 Å². The first kappa shape index (κ1) is 22.9. The molecule has 1 amide bonds. The molecule has 4 nitrogen and oxygen atoms in total. The maximum Gasteiger partial charge on any atom is 0.233 e. The number of carbonyl (C=O) groups excluding carboxylic acids is 1. The predicted octanol–water partition coefficient (Wildman–Crippen LogP) is 5.68. The molecule has 2 aromatic rings. The molecule has 0 heterocycles. The summed E-state index contributed by atoms with van der Waals surface area (Å²) in [4.78, 5) is 12.6. The van der Waals surface area contributed by atoms with E-state index in [1.54, 1.807) is 0 Å². The summed E-state index contributed by atoms with van der Waals surface area (Å²) in [6.07, 6.45) is 3.14. The number of hydrogen-bond donors (Lipinski definition) is 2. The second-order valence-electron chi connectivity index (χ2n) is 7.73. The summed E-state index contributed by atoms with van der Waals surface area (Å²) < 4.78 is 5.71. The zero-order valence-electron chi connectivity index (χ0n) is 17.8. The normalized spacial score (nSPS) is 11.8. The van der Waals surface area contributed by atoms with Crippen LogP contribution in [0, 0.1) is 5.92 Å². The summed E-state index contributed by atoms with van der Waals surface area (Å²) in [6, 6.07) is 15.8. The number of benzene rings is 2. The van der Waals surface area contributed by atoms with E-state index in [4.69, 9.17) is 17.0 Å². The molecule has 0 bridgehead atoms. The molecule has 0 fully saturated rings. The van der Waals surface area contributed by atoms with Crippen molar-refractivity contribution in [1.29, 1.82) is 0 Å². The van der Waals surface area contributed by atoms with Crippen LogP contribution in [0.4, 0.5) is 5.69 Å². The van der Waals surface area contributed by atoms with Crippen LogP contribution in [0.2, 0.25) is 0 Å². The summed E-state index contributed by atoms with van der Waals surface area (Å²) in [5.41, 5.74) is 3.05. The lowest BCUT2D eigenvalue weighted by Crippen LogP contribution is -2.36. The van der Waals surface area contributed by atoms with E-state index in [2.05, 4.69) is 43.5 Å². The van der Waals surface area contributed by atoms with Crippen LogP contribution in [0.5, 0.6) is 5.75 Å². The van der Waals surface area contributed by atoms with Gasteiger partial charge in [0.2, 0.25) is 5.91 Å². The van der Waals surface area contributed by atoms with Crippen LogP contribution < -0.4 is 15.4 Å². The predicted molar refractivity (Wildman–Crippen MR) is 125 cm³/mol. The van der Waals surface area contributed by atoms with Crippen LogP contribution >= 0.6 is 12.2 Å². The van der Waals surface area contributed by atoms with Crippen molar-refractivity contribution in [3.05, 3.63) is 59.7 Å². The molecule has 0 spiro atoms. The zero-order chi connectivity index (χ0) is 21.2. The fourth-order valence-corrected chi connectivity index (χ4v) is 3.16. The number of amides is 1. The molecule has 2 rings (SSSR count). The molecule has 0 saturated carbocycles. The number of unbranched alkanes of at least 4 members (excludes halogenated alkanes) is 1. The van der Waals surface area contributed by atoms with Crippen LogP contribution in [0.15, 0.2) is 48.5 Å². The molecule has 0 saturated heterocycles. The SMILES string of the molecule is CCCCOc1cccc(NC(=S)NC(=O)C(C)c2ccc(CC(C)C)cc2)c1. The molecule has 0 radical (unpaired) electrons. The first-order chi connectivity index (χ1) is 13.9. The molecule has 5 heteroatoms. The average Bonchev–Trinajstić information content (AvgIpc) is 2.68. The van der Waals surface area contributed by atoms with Gasteiger partial charge in [-0.15, -0.1) is 0 Å². The zero-order valence-corrected chi connectivity index (χ0v) is 18.6. The third-order valence-corrected chi connectivity index (χ3v) is 4.82. The van der Waals surface area contributed by atoms with E-state index in [-0.39, 0.29) is 16.9 Å². The van der Waals surface area contributed by atoms with Gasteiger partial charge < -0.3 is 15.4 Å². The summed E-state index contributed by atoms with van der Waals surface area (Å²) >= 11 is 5.32. The van der Waals surface area contributed by atoms with Crippen molar-refractivity contribution in [2.45, 2.75) is 52.9 Å². The van der Waals surface area contributed by atoms with Gasteiger partial charge in [-0.25, -0.2) is 0 Å². The van der Waals surface area contributed by atoms with Gasteiger partial charge in [0.25, 0.3) is 0 Å².